The maximum Gasteiger partial charge on any atom is 0.336 e. The Morgan fingerprint density at radius 3 is 2.21 bits per heavy atom. The van der Waals surface area contributed by atoms with Gasteiger partial charge < -0.3 is 24.8 Å². The normalized spacial score (nSPS) is 26.8. The average Bonchev–Trinajstić information content (AvgIpc) is 3.27. The monoisotopic (exact) mass is 344 g/mol. The van der Waals surface area contributed by atoms with Gasteiger partial charge in [-0.15, -0.1) is 0 Å². The minimum Gasteiger partial charge on any atom is -0.481 e. The zero-order chi connectivity index (χ0) is 18.1. The number of esters is 1. The Morgan fingerprint density at radius 1 is 1.12 bits per heavy atom. The fraction of sp³-hybridized carbons (Fsp3) is 0.733. The van der Waals surface area contributed by atoms with Crippen LogP contribution in [0.1, 0.15) is 32.6 Å². The highest BCUT2D eigenvalue weighted by atomic mass is 16.6. The third-order valence-electron chi connectivity index (χ3n) is 4.79. The van der Waals surface area contributed by atoms with Gasteiger partial charge in [-0.25, -0.2) is 0 Å². The third-order valence-corrected chi connectivity index (χ3v) is 4.79. The van der Waals surface area contributed by atoms with Crippen molar-refractivity contribution in [3.63, 3.8) is 0 Å². The summed E-state index contributed by atoms with van der Waals surface area (Å²) < 4.78 is 10.3. The first-order chi connectivity index (χ1) is 11.2. The highest BCUT2D eigenvalue weighted by Crippen LogP contribution is 2.40. The molecule has 2 aliphatic rings. The summed E-state index contributed by atoms with van der Waals surface area (Å²) in [6.07, 6.45) is 2.20. The first-order valence-electron chi connectivity index (χ1n) is 7.77. The van der Waals surface area contributed by atoms with Crippen LogP contribution in [0.25, 0.3) is 0 Å². The second-order valence-electron chi connectivity index (χ2n) is 6.21. The standard InChI is InChI=1S/C15H20O9/c1-2-8(11(16)17)15(12(18)19,13(20)21)14(22)23-6-7-3-4-9-10(5-7)24-9/h7-10H,2-6H2,1H3,(H,16,17)(H,18,19)(H,20,21). The smallest absolute Gasteiger partial charge is 0.336 e. The van der Waals surface area contributed by atoms with Gasteiger partial charge in [-0.2, -0.15) is 0 Å². The molecule has 24 heavy (non-hydrogen) atoms. The minimum absolute atomic E-state index is 0.0529. The second kappa shape index (κ2) is 6.76. The molecule has 0 radical (unpaired) electrons. The second-order valence-corrected chi connectivity index (χ2v) is 6.21. The first kappa shape index (κ1) is 18.2. The molecule has 4 atom stereocenters. The van der Waals surface area contributed by atoms with Crippen LogP contribution in [0.5, 0.6) is 0 Å². The molecule has 0 aromatic rings. The van der Waals surface area contributed by atoms with E-state index in [0.29, 0.717) is 6.42 Å². The molecule has 0 amide bonds. The summed E-state index contributed by atoms with van der Waals surface area (Å²) in [5, 5.41) is 27.8. The Bertz CT molecular complexity index is 541. The van der Waals surface area contributed by atoms with Gasteiger partial charge in [0.15, 0.2) is 0 Å². The number of carboxylic acids is 3. The molecule has 1 aliphatic carbocycles. The van der Waals surface area contributed by atoms with Crippen molar-refractivity contribution >= 4 is 23.9 Å². The van der Waals surface area contributed by atoms with Crippen LogP contribution in [0.3, 0.4) is 0 Å². The fourth-order valence-electron chi connectivity index (χ4n) is 3.32. The Kier molecular flexibility index (Phi) is 5.12. The molecular formula is C15H20O9. The van der Waals surface area contributed by atoms with Crippen molar-refractivity contribution in [1.29, 1.82) is 0 Å². The lowest BCUT2D eigenvalue weighted by Gasteiger charge is -2.29. The number of fused-ring (bicyclic) bond motifs is 1. The molecule has 0 spiro atoms. The minimum atomic E-state index is -3.16. The molecule has 9 nitrogen and oxygen atoms in total. The summed E-state index contributed by atoms with van der Waals surface area (Å²) in [6, 6.07) is 0. The van der Waals surface area contributed by atoms with Gasteiger partial charge in [-0.3, -0.25) is 19.2 Å². The van der Waals surface area contributed by atoms with Gasteiger partial charge in [0.2, 0.25) is 0 Å². The molecule has 0 aromatic heterocycles. The zero-order valence-corrected chi connectivity index (χ0v) is 13.1. The van der Waals surface area contributed by atoms with E-state index < -0.39 is 35.2 Å². The zero-order valence-electron chi connectivity index (χ0n) is 13.1. The molecule has 2 fully saturated rings. The van der Waals surface area contributed by atoms with Gasteiger partial charge >= 0.3 is 23.9 Å². The summed E-state index contributed by atoms with van der Waals surface area (Å²) in [5.74, 6) is -9.28. The summed E-state index contributed by atoms with van der Waals surface area (Å²) >= 11 is 0. The highest BCUT2D eigenvalue weighted by Gasteiger charge is 2.63. The van der Waals surface area contributed by atoms with Gasteiger partial charge in [0.1, 0.15) is 0 Å². The molecule has 9 heteroatoms. The Morgan fingerprint density at radius 2 is 1.75 bits per heavy atom. The number of epoxide rings is 1. The fourth-order valence-corrected chi connectivity index (χ4v) is 3.32. The molecule has 1 saturated carbocycles. The maximum atomic E-state index is 12.3. The van der Waals surface area contributed by atoms with E-state index in [1.165, 1.54) is 6.92 Å². The van der Waals surface area contributed by atoms with Gasteiger partial charge in [0.25, 0.3) is 5.41 Å². The Balaban J connectivity index is 2.15. The lowest BCUT2D eigenvalue weighted by Crippen LogP contribution is -2.55. The quantitative estimate of drug-likeness (QED) is 0.322. The molecule has 1 saturated heterocycles. The van der Waals surface area contributed by atoms with Crippen LogP contribution in [0.15, 0.2) is 0 Å². The molecule has 2 rings (SSSR count). The van der Waals surface area contributed by atoms with E-state index in [4.69, 9.17) is 14.6 Å². The lowest BCUT2D eigenvalue weighted by atomic mass is 9.73. The average molecular weight is 344 g/mol. The number of ether oxygens (including phenoxy) is 2. The van der Waals surface area contributed by atoms with E-state index in [1.54, 1.807) is 0 Å². The van der Waals surface area contributed by atoms with Crippen molar-refractivity contribution in [3.05, 3.63) is 0 Å². The molecular weight excluding hydrogens is 324 g/mol. The highest BCUT2D eigenvalue weighted by molar-refractivity contribution is 6.19. The van der Waals surface area contributed by atoms with Crippen molar-refractivity contribution in [2.75, 3.05) is 6.61 Å². The SMILES string of the molecule is CCC(C(=O)O)C(C(=O)O)(C(=O)O)C(=O)OCC1CCC2OC2C1. The van der Waals surface area contributed by atoms with E-state index in [2.05, 4.69) is 0 Å². The van der Waals surface area contributed by atoms with Crippen LogP contribution in [0, 0.1) is 17.3 Å². The van der Waals surface area contributed by atoms with Crippen molar-refractivity contribution in [1.82, 2.24) is 0 Å². The summed E-state index contributed by atoms with van der Waals surface area (Å²) in [5.41, 5.74) is -3.16. The molecule has 4 unspecified atom stereocenters. The van der Waals surface area contributed by atoms with E-state index in [0.717, 1.165) is 12.8 Å². The Hall–Kier alpha value is -2.16. The van der Waals surface area contributed by atoms with Gasteiger partial charge in [0, 0.05) is 0 Å². The molecule has 0 aromatic carbocycles. The van der Waals surface area contributed by atoms with Gasteiger partial charge in [-0.05, 0) is 31.6 Å². The molecule has 0 bridgehead atoms. The van der Waals surface area contributed by atoms with Crippen molar-refractivity contribution in [2.45, 2.75) is 44.8 Å². The predicted octanol–water partition coefficient (Wildman–Crippen LogP) is 0.364. The lowest BCUT2D eigenvalue weighted by molar-refractivity contribution is -0.189. The van der Waals surface area contributed by atoms with Crippen molar-refractivity contribution in [3.8, 4) is 0 Å². The predicted molar refractivity (Wildman–Crippen MR) is 76.1 cm³/mol. The van der Waals surface area contributed by atoms with Crippen molar-refractivity contribution in [2.24, 2.45) is 17.3 Å². The number of carboxylic acid groups (broad SMARTS) is 3. The Labute approximate surface area is 137 Å². The number of carbonyl (C=O) groups excluding carboxylic acids is 1. The van der Waals surface area contributed by atoms with Crippen LogP contribution < -0.4 is 0 Å². The third kappa shape index (κ3) is 3.08. The summed E-state index contributed by atoms with van der Waals surface area (Å²) in [7, 11) is 0. The van der Waals surface area contributed by atoms with Gasteiger partial charge in [0.05, 0.1) is 24.7 Å². The molecule has 3 N–H and O–H groups in total. The van der Waals surface area contributed by atoms with Gasteiger partial charge in [-0.1, -0.05) is 6.92 Å². The molecule has 1 heterocycles. The van der Waals surface area contributed by atoms with E-state index in [1.807, 2.05) is 0 Å². The van der Waals surface area contributed by atoms with Crippen LogP contribution >= 0.6 is 0 Å². The number of aliphatic carboxylic acids is 3. The number of hydrogen-bond donors (Lipinski definition) is 3. The van der Waals surface area contributed by atoms with E-state index in [9.17, 15) is 29.4 Å². The molecule has 1 aliphatic heterocycles. The summed E-state index contributed by atoms with van der Waals surface area (Å²) in [4.78, 5) is 46.7. The topological polar surface area (TPSA) is 151 Å². The number of hydrogen-bond acceptors (Lipinski definition) is 6. The number of rotatable bonds is 8. The van der Waals surface area contributed by atoms with Crippen LogP contribution in [-0.4, -0.2) is 58.0 Å². The van der Waals surface area contributed by atoms with E-state index >= 15 is 0 Å². The maximum absolute atomic E-state index is 12.3. The van der Waals surface area contributed by atoms with Crippen LogP contribution in [0.4, 0.5) is 0 Å². The van der Waals surface area contributed by atoms with Crippen LogP contribution in [0.2, 0.25) is 0 Å². The first-order valence-corrected chi connectivity index (χ1v) is 7.77. The summed E-state index contributed by atoms with van der Waals surface area (Å²) in [6.45, 7) is 1.15. The van der Waals surface area contributed by atoms with E-state index in [-0.39, 0.29) is 31.2 Å². The van der Waals surface area contributed by atoms with Crippen molar-refractivity contribution < 1.29 is 44.0 Å². The molecule has 134 valence electrons. The number of carbonyl (C=O) groups is 4. The van der Waals surface area contributed by atoms with Crippen LogP contribution in [-0.2, 0) is 28.7 Å². The largest absolute Gasteiger partial charge is 0.481 e.